The maximum absolute atomic E-state index is 5.99. The van der Waals surface area contributed by atoms with Gasteiger partial charge >= 0.3 is 0 Å². The number of rotatable bonds is 5. The van der Waals surface area contributed by atoms with E-state index < -0.39 is 0 Å². The minimum absolute atomic E-state index is 0.00298. The highest BCUT2D eigenvalue weighted by atomic mass is 16.5. The van der Waals surface area contributed by atoms with Crippen molar-refractivity contribution in [1.29, 1.82) is 0 Å². The van der Waals surface area contributed by atoms with E-state index in [1.807, 2.05) is 0 Å². The first-order chi connectivity index (χ1) is 7.94. The molecule has 17 heavy (non-hydrogen) atoms. The molecule has 1 fully saturated rings. The van der Waals surface area contributed by atoms with Gasteiger partial charge in [-0.25, -0.2) is 0 Å². The van der Waals surface area contributed by atoms with Crippen molar-refractivity contribution in [2.75, 3.05) is 19.7 Å². The Morgan fingerprint density at radius 1 is 1.35 bits per heavy atom. The zero-order valence-electron chi connectivity index (χ0n) is 11.8. The summed E-state index contributed by atoms with van der Waals surface area (Å²) in [5.41, 5.74) is 0.468. The average Bonchev–Trinajstić information content (AvgIpc) is 2.86. The summed E-state index contributed by atoms with van der Waals surface area (Å²) in [6.45, 7) is 12.0. The standard InChI is InChI=1S/C15H27NO/c1-5-13-7-6-10-16(13)11-15(8-9-15)12-17-14(2,3)4/h6-7,13H,5,8-12H2,1-4H3. The van der Waals surface area contributed by atoms with Gasteiger partial charge in [0.2, 0.25) is 0 Å². The van der Waals surface area contributed by atoms with Crippen molar-refractivity contribution in [3.05, 3.63) is 12.2 Å². The van der Waals surface area contributed by atoms with Gasteiger partial charge in [-0.1, -0.05) is 19.1 Å². The summed E-state index contributed by atoms with van der Waals surface area (Å²) in [7, 11) is 0. The van der Waals surface area contributed by atoms with Gasteiger partial charge < -0.3 is 4.74 Å². The normalized spacial score (nSPS) is 27.6. The van der Waals surface area contributed by atoms with Gasteiger partial charge in [-0.15, -0.1) is 0 Å². The van der Waals surface area contributed by atoms with Crippen LogP contribution in [-0.2, 0) is 4.74 Å². The molecule has 2 nitrogen and oxygen atoms in total. The molecule has 1 atom stereocenters. The van der Waals surface area contributed by atoms with Crippen molar-refractivity contribution in [2.45, 2.75) is 58.6 Å². The average molecular weight is 237 g/mol. The van der Waals surface area contributed by atoms with E-state index in [1.54, 1.807) is 0 Å². The Kier molecular flexibility index (Phi) is 3.65. The third kappa shape index (κ3) is 3.56. The van der Waals surface area contributed by atoms with E-state index in [0.717, 1.165) is 13.2 Å². The number of nitrogens with zero attached hydrogens (tertiary/aromatic N) is 1. The van der Waals surface area contributed by atoms with Gasteiger partial charge in [-0.2, -0.15) is 0 Å². The molecule has 2 rings (SSSR count). The topological polar surface area (TPSA) is 12.5 Å². The third-order valence-electron chi connectivity index (χ3n) is 3.89. The zero-order chi connectivity index (χ0) is 12.5. The predicted octanol–water partition coefficient (Wildman–Crippen LogP) is 3.23. The highest BCUT2D eigenvalue weighted by Crippen LogP contribution is 2.47. The van der Waals surface area contributed by atoms with Crippen molar-refractivity contribution in [2.24, 2.45) is 5.41 Å². The van der Waals surface area contributed by atoms with Crippen LogP contribution in [0.5, 0.6) is 0 Å². The molecule has 0 aromatic heterocycles. The maximum atomic E-state index is 5.99. The van der Waals surface area contributed by atoms with Crippen LogP contribution in [0.3, 0.4) is 0 Å². The van der Waals surface area contributed by atoms with Crippen LogP contribution in [0.4, 0.5) is 0 Å². The van der Waals surface area contributed by atoms with Gasteiger partial charge in [0.15, 0.2) is 0 Å². The van der Waals surface area contributed by atoms with E-state index in [4.69, 9.17) is 4.74 Å². The fraction of sp³-hybridized carbons (Fsp3) is 0.867. The van der Waals surface area contributed by atoms with E-state index in [-0.39, 0.29) is 5.60 Å². The number of ether oxygens (including phenoxy) is 1. The lowest BCUT2D eigenvalue weighted by atomic mass is 10.1. The van der Waals surface area contributed by atoms with E-state index in [2.05, 4.69) is 44.7 Å². The van der Waals surface area contributed by atoms with Crippen molar-refractivity contribution in [3.63, 3.8) is 0 Å². The van der Waals surface area contributed by atoms with Crippen LogP contribution >= 0.6 is 0 Å². The summed E-state index contributed by atoms with van der Waals surface area (Å²) in [6.07, 6.45) is 8.59. The van der Waals surface area contributed by atoms with Crippen LogP contribution in [-0.4, -0.2) is 36.2 Å². The fourth-order valence-corrected chi connectivity index (χ4v) is 2.51. The SMILES string of the molecule is CCC1C=CCN1CC1(COC(C)(C)C)CC1. The minimum atomic E-state index is 0.00298. The van der Waals surface area contributed by atoms with E-state index in [1.165, 1.54) is 25.8 Å². The van der Waals surface area contributed by atoms with Crippen LogP contribution in [0.15, 0.2) is 12.2 Å². The highest BCUT2D eigenvalue weighted by Gasteiger charge is 2.45. The molecule has 0 aromatic carbocycles. The molecule has 2 aliphatic rings. The third-order valence-corrected chi connectivity index (χ3v) is 3.89. The second-order valence-electron chi connectivity index (χ2n) is 6.73. The number of hydrogen-bond acceptors (Lipinski definition) is 2. The lowest BCUT2D eigenvalue weighted by Crippen LogP contribution is -2.37. The molecule has 0 saturated heterocycles. The van der Waals surface area contributed by atoms with E-state index in [0.29, 0.717) is 11.5 Å². The molecule has 0 bridgehead atoms. The lowest BCUT2D eigenvalue weighted by Gasteiger charge is -2.30. The van der Waals surface area contributed by atoms with Crippen LogP contribution in [0.1, 0.15) is 47.0 Å². The Hall–Kier alpha value is -0.340. The Balaban J connectivity index is 1.82. The van der Waals surface area contributed by atoms with Crippen LogP contribution in [0, 0.1) is 5.41 Å². The van der Waals surface area contributed by atoms with Crippen LogP contribution in [0.25, 0.3) is 0 Å². The molecule has 0 spiro atoms. The quantitative estimate of drug-likeness (QED) is 0.681. The molecule has 2 heteroatoms. The minimum Gasteiger partial charge on any atom is -0.375 e. The summed E-state index contributed by atoms with van der Waals surface area (Å²) in [4.78, 5) is 2.61. The molecule has 0 N–H and O–H groups in total. The van der Waals surface area contributed by atoms with Gasteiger partial charge in [-0.3, -0.25) is 4.90 Å². The summed E-state index contributed by atoms with van der Waals surface area (Å²) in [5, 5.41) is 0. The van der Waals surface area contributed by atoms with Crippen LogP contribution < -0.4 is 0 Å². The fourth-order valence-electron chi connectivity index (χ4n) is 2.51. The van der Waals surface area contributed by atoms with Crippen molar-refractivity contribution >= 4 is 0 Å². The second-order valence-corrected chi connectivity index (χ2v) is 6.73. The first-order valence-electron chi connectivity index (χ1n) is 6.99. The molecular weight excluding hydrogens is 210 g/mol. The van der Waals surface area contributed by atoms with Crippen molar-refractivity contribution < 1.29 is 4.74 Å². The summed E-state index contributed by atoms with van der Waals surface area (Å²) in [5.74, 6) is 0. The Bertz CT molecular complexity index is 286. The summed E-state index contributed by atoms with van der Waals surface area (Å²) < 4.78 is 5.99. The molecule has 0 radical (unpaired) electrons. The summed E-state index contributed by atoms with van der Waals surface area (Å²) in [6, 6.07) is 0.669. The van der Waals surface area contributed by atoms with Gasteiger partial charge in [0.25, 0.3) is 0 Å². The highest BCUT2D eigenvalue weighted by molar-refractivity contribution is 5.07. The molecule has 1 aliphatic carbocycles. The van der Waals surface area contributed by atoms with Gasteiger partial charge in [0, 0.05) is 24.5 Å². The molecule has 0 aromatic rings. The lowest BCUT2D eigenvalue weighted by molar-refractivity contribution is -0.0342. The molecule has 98 valence electrons. The van der Waals surface area contributed by atoms with E-state index >= 15 is 0 Å². The molecular formula is C15H27NO. The Labute approximate surface area is 106 Å². The van der Waals surface area contributed by atoms with Crippen molar-refractivity contribution in [3.8, 4) is 0 Å². The van der Waals surface area contributed by atoms with Crippen LogP contribution in [0.2, 0.25) is 0 Å². The zero-order valence-corrected chi connectivity index (χ0v) is 11.8. The van der Waals surface area contributed by atoms with E-state index in [9.17, 15) is 0 Å². The first kappa shape index (κ1) is 13.1. The smallest absolute Gasteiger partial charge is 0.0598 e. The molecule has 1 aliphatic heterocycles. The first-order valence-corrected chi connectivity index (χ1v) is 6.99. The molecule has 0 amide bonds. The Morgan fingerprint density at radius 3 is 2.59 bits per heavy atom. The maximum Gasteiger partial charge on any atom is 0.0598 e. The monoisotopic (exact) mass is 237 g/mol. The second kappa shape index (κ2) is 4.74. The number of hydrogen-bond donors (Lipinski definition) is 0. The van der Waals surface area contributed by atoms with Gasteiger partial charge in [0.1, 0.15) is 0 Å². The summed E-state index contributed by atoms with van der Waals surface area (Å²) >= 11 is 0. The molecule has 1 saturated carbocycles. The predicted molar refractivity (Wildman–Crippen MR) is 72.2 cm³/mol. The largest absolute Gasteiger partial charge is 0.375 e. The molecule has 1 unspecified atom stereocenters. The van der Waals surface area contributed by atoms with Crippen molar-refractivity contribution in [1.82, 2.24) is 4.90 Å². The molecule has 1 heterocycles. The van der Waals surface area contributed by atoms with Gasteiger partial charge in [-0.05, 0) is 40.0 Å². The van der Waals surface area contributed by atoms with Gasteiger partial charge in [0.05, 0.1) is 12.2 Å². The Morgan fingerprint density at radius 2 is 2.06 bits per heavy atom.